The Morgan fingerprint density at radius 2 is 2.62 bits per heavy atom. The monoisotopic (exact) mass is 109 g/mol. The standard InChI is InChI=1S/C6H7NO/c1-2-7-6-4-3-5-8-6/h2-5H,1H3. The first kappa shape index (κ1) is 5.09. The van der Waals surface area contributed by atoms with Crippen molar-refractivity contribution in [2.75, 3.05) is 0 Å². The molecule has 0 radical (unpaired) electrons. The Kier molecular flexibility index (Phi) is 1.47. The van der Waals surface area contributed by atoms with E-state index in [-0.39, 0.29) is 0 Å². The molecule has 0 unspecified atom stereocenters. The predicted molar refractivity (Wildman–Crippen MR) is 32.5 cm³/mol. The maximum Gasteiger partial charge on any atom is 0.218 e. The van der Waals surface area contributed by atoms with Crippen LogP contribution < -0.4 is 0 Å². The molecular weight excluding hydrogens is 102 g/mol. The van der Waals surface area contributed by atoms with Gasteiger partial charge in [0.05, 0.1) is 6.26 Å². The minimum Gasteiger partial charge on any atom is -0.447 e. The zero-order valence-electron chi connectivity index (χ0n) is 4.66. The molecule has 2 nitrogen and oxygen atoms in total. The highest BCUT2D eigenvalue weighted by Gasteiger charge is 1.83. The molecule has 8 heavy (non-hydrogen) atoms. The Labute approximate surface area is 47.9 Å². The maximum absolute atomic E-state index is 4.88. The van der Waals surface area contributed by atoms with E-state index < -0.39 is 0 Å². The third-order valence-electron chi connectivity index (χ3n) is 0.762. The summed E-state index contributed by atoms with van der Waals surface area (Å²) in [5, 5.41) is 0. The molecule has 2 heteroatoms. The summed E-state index contributed by atoms with van der Waals surface area (Å²) in [6, 6.07) is 3.61. The van der Waals surface area contributed by atoms with E-state index in [9.17, 15) is 0 Å². The van der Waals surface area contributed by atoms with Gasteiger partial charge in [-0.2, -0.15) is 0 Å². The van der Waals surface area contributed by atoms with Crippen LogP contribution in [0.15, 0.2) is 27.8 Å². The average molecular weight is 109 g/mol. The lowest BCUT2D eigenvalue weighted by Gasteiger charge is -1.76. The van der Waals surface area contributed by atoms with Gasteiger partial charge in [0.15, 0.2) is 0 Å². The minimum atomic E-state index is 0.660. The van der Waals surface area contributed by atoms with Crippen LogP contribution in [0.4, 0.5) is 5.88 Å². The number of nitrogens with zero attached hydrogens (tertiary/aromatic N) is 1. The van der Waals surface area contributed by atoms with Gasteiger partial charge >= 0.3 is 0 Å². The Balaban J connectivity index is 2.77. The molecule has 0 amide bonds. The number of hydrogen-bond donors (Lipinski definition) is 0. The summed E-state index contributed by atoms with van der Waals surface area (Å²) in [6.07, 6.45) is 3.29. The van der Waals surface area contributed by atoms with Crippen molar-refractivity contribution in [3.8, 4) is 0 Å². The van der Waals surface area contributed by atoms with Crippen LogP contribution in [0.2, 0.25) is 0 Å². The SMILES string of the molecule is CC=Nc1ccco1. The van der Waals surface area contributed by atoms with Crippen molar-refractivity contribution in [1.82, 2.24) is 0 Å². The topological polar surface area (TPSA) is 25.5 Å². The lowest BCUT2D eigenvalue weighted by Crippen LogP contribution is -1.53. The number of furan rings is 1. The molecule has 0 bridgehead atoms. The Morgan fingerprint density at radius 1 is 1.75 bits per heavy atom. The lowest BCUT2D eigenvalue weighted by molar-refractivity contribution is 0.578. The van der Waals surface area contributed by atoms with Crippen molar-refractivity contribution < 1.29 is 4.42 Å². The Hall–Kier alpha value is -1.05. The smallest absolute Gasteiger partial charge is 0.218 e. The largest absolute Gasteiger partial charge is 0.447 e. The molecule has 0 saturated heterocycles. The molecule has 1 heterocycles. The third-order valence-corrected chi connectivity index (χ3v) is 0.762. The van der Waals surface area contributed by atoms with Crippen LogP contribution in [0, 0.1) is 0 Å². The molecule has 42 valence electrons. The van der Waals surface area contributed by atoms with E-state index in [1.807, 2.05) is 13.0 Å². The first-order valence-corrected chi connectivity index (χ1v) is 2.45. The van der Waals surface area contributed by atoms with E-state index in [1.165, 1.54) is 0 Å². The molecule has 0 aliphatic carbocycles. The Bertz CT molecular complexity index is 165. The van der Waals surface area contributed by atoms with Crippen LogP contribution in [0.25, 0.3) is 0 Å². The minimum absolute atomic E-state index is 0.660. The first-order valence-electron chi connectivity index (χ1n) is 2.45. The van der Waals surface area contributed by atoms with E-state index in [2.05, 4.69) is 4.99 Å². The number of aliphatic imine (C=N–C) groups is 1. The quantitative estimate of drug-likeness (QED) is 0.506. The average Bonchev–Trinajstić information content (AvgIpc) is 2.19. The van der Waals surface area contributed by atoms with Gasteiger partial charge in [-0.05, 0) is 13.0 Å². The van der Waals surface area contributed by atoms with E-state index in [1.54, 1.807) is 18.5 Å². The van der Waals surface area contributed by atoms with Gasteiger partial charge in [-0.1, -0.05) is 0 Å². The molecule has 0 aliphatic rings. The van der Waals surface area contributed by atoms with E-state index in [0.717, 1.165) is 0 Å². The van der Waals surface area contributed by atoms with Crippen molar-refractivity contribution in [3.63, 3.8) is 0 Å². The van der Waals surface area contributed by atoms with E-state index >= 15 is 0 Å². The highest BCUT2D eigenvalue weighted by atomic mass is 16.3. The van der Waals surface area contributed by atoms with Crippen LogP contribution in [0.5, 0.6) is 0 Å². The zero-order valence-corrected chi connectivity index (χ0v) is 4.66. The molecule has 1 aromatic rings. The molecule has 0 fully saturated rings. The fraction of sp³-hybridized carbons (Fsp3) is 0.167. The van der Waals surface area contributed by atoms with Gasteiger partial charge in [-0.15, -0.1) is 0 Å². The molecule has 1 aromatic heterocycles. The van der Waals surface area contributed by atoms with Crippen LogP contribution in [-0.4, -0.2) is 6.21 Å². The van der Waals surface area contributed by atoms with Crippen molar-refractivity contribution in [2.45, 2.75) is 6.92 Å². The second-order valence-corrected chi connectivity index (χ2v) is 1.34. The second-order valence-electron chi connectivity index (χ2n) is 1.34. The summed E-state index contributed by atoms with van der Waals surface area (Å²) in [5.74, 6) is 0.660. The van der Waals surface area contributed by atoms with Crippen LogP contribution >= 0.6 is 0 Å². The number of rotatable bonds is 1. The molecule has 0 spiro atoms. The van der Waals surface area contributed by atoms with Gasteiger partial charge in [0.2, 0.25) is 5.88 Å². The lowest BCUT2D eigenvalue weighted by atomic mass is 10.6. The van der Waals surface area contributed by atoms with Gasteiger partial charge in [-0.3, -0.25) is 0 Å². The summed E-state index contributed by atoms with van der Waals surface area (Å²) in [6.45, 7) is 1.85. The molecule has 1 rings (SSSR count). The maximum atomic E-state index is 4.88. The molecular formula is C6H7NO. The van der Waals surface area contributed by atoms with Gasteiger partial charge in [0.25, 0.3) is 0 Å². The van der Waals surface area contributed by atoms with Gasteiger partial charge in [-0.25, -0.2) is 4.99 Å². The van der Waals surface area contributed by atoms with Gasteiger partial charge in [0.1, 0.15) is 0 Å². The molecule has 0 atom stereocenters. The zero-order chi connectivity index (χ0) is 5.82. The van der Waals surface area contributed by atoms with Crippen molar-refractivity contribution in [1.29, 1.82) is 0 Å². The van der Waals surface area contributed by atoms with Crippen molar-refractivity contribution in [2.24, 2.45) is 4.99 Å². The van der Waals surface area contributed by atoms with Gasteiger partial charge in [0, 0.05) is 12.3 Å². The summed E-state index contributed by atoms with van der Waals surface area (Å²) in [4.78, 5) is 3.88. The summed E-state index contributed by atoms with van der Waals surface area (Å²) in [5.41, 5.74) is 0. The molecule has 0 aliphatic heterocycles. The first-order chi connectivity index (χ1) is 3.93. The number of hydrogen-bond acceptors (Lipinski definition) is 2. The highest BCUT2D eigenvalue weighted by Crippen LogP contribution is 2.09. The fourth-order valence-corrected chi connectivity index (χ4v) is 0.471. The summed E-state index contributed by atoms with van der Waals surface area (Å²) in [7, 11) is 0. The van der Waals surface area contributed by atoms with E-state index in [0.29, 0.717) is 5.88 Å². The van der Waals surface area contributed by atoms with Crippen molar-refractivity contribution >= 4 is 12.1 Å². The summed E-state index contributed by atoms with van der Waals surface area (Å²) < 4.78 is 4.88. The molecule has 0 aromatic carbocycles. The van der Waals surface area contributed by atoms with Gasteiger partial charge < -0.3 is 4.42 Å². The van der Waals surface area contributed by atoms with E-state index in [4.69, 9.17) is 4.42 Å². The normalized spacial score (nSPS) is 10.6. The van der Waals surface area contributed by atoms with Crippen LogP contribution in [0.3, 0.4) is 0 Å². The highest BCUT2D eigenvalue weighted by molar-refractivity contribution is 5.57. The van der Waals surface area contributed by atoms with Crippen molar-refractivity contribution in [3.05, 3.63) is 18.4 Å². The molecule has 0 N–H and O–H groups in total. The van der Waals surface area contributed by atoms with Crippen LogP contribution in [0.1, 0.15) is 6.92 Å². The summed E-state index contributed by atoms with van der Waals surface area (Å²) >= 11 is 0. The fourth-order valence-electron chi connectivity index (χ4n) is 0.471. The third kappa shape index (κ3) is 0.964. The second kappa shape index (κ2) is 2.31. The van der Waals surface area contributed by atoms with Crippen LogP contribution in [-0.2, 0) is 0 Å². The predicted octanol–water partition coefficient (Wildman–Crippen LogP) is 2.00. The molecule has 0 saturated carbocycles. The Morgan fingerprint density at radius 3 is 3.12 bits per heavy atom.